The summed E-state index contributed by atoms with van der Waals surface area (Å²) < 4.78 is 36.0. The van der Waals surface area contributed by atoms with Gasteiger partial charge >= 0.3 is 0 Å². The number of sulfonamides is 1. The molecule has 13 heteroatoms. The lowest BCUT2D eigenvalue weighted by Gasteiger charge is -2.39. The SMILES string of the molecule is COc1ccc2c(c1)C=C(C(=Nc1ccncc1C)/C(=C\N)C(=O)N1CC3CCC(C1)N3C)Cn1c-2c(C2CCCCC2)c2ccc(C(=O)NS(=O)(=O)C(C)C)cc21. The molecule has 2 aromatic heterocycles. The van der Waals surface area contributed by atoms with E-state index >= 15 is 0 Å². The van der Waals surface area contributed by atoms with Gasteiger partial charge in [-0.3, -0.25) is 19.5 Å². The number of likely N-dealkylation sites (tertiary alicyclic amines) is 1. The molecule has 3 aliphatic heterocycles. The van der Waals surface area contributed by atoms with Gasteiger partial charge in [-0.25, -0.2) is 18.1 Å². The van der Waals surface area contributed by atoms with Crippen LogP contribution in [0.25, 0.3) is 28.2 Å². The highest BCUT2D eigenvalue weighted by atomic mass is 32.2. The quantitative estimate of drug-likeness (QED) is 0.138. The standard InChI is InChI=1S/C45H53N7O5S/c1-27(2)58(55,56)49-44(53)30-11-15-37-40(21-30)52-24-32(19-31-20-35(57-5)14-16-36(31)43(52)41(37)29-9-7-6-8-10-29)42(48-39-17-18-47-23-28(39)3)38(22-46)45(54)51-25-33-12-13-34(26-51)50(33)4/h11,14-23,27,29,33-34H,6-10,12-13,24-26,46H2,1-5H3,(H,49,53)/b38-22+,48-42?. The first kappa shape index (κ1) is 39.6. The molecule has 12 nitrogen and oxygen atoms in total. The number of benzene rings is 2. The summed E-state index contributed by atoms with van der Waals surface area (Å²) >= 11 is 0. The highest BCUT2D eigenvalue weighted by molar-refractivity contribution is 7.90. The lowest BCUT2D eigenvalue weighted by atomic mass is 9.81. The molecule has 2 bridgehead atoms. The van der Waals surface area contributed by atoms with E-state index in [1.807, 2.05) is 36.1 Å². The Labute approximate surface area is 340 Å². The second kappa shape index (κ2) is 15.8. The third-order valence-electron chi connectivity index (χ3n) is 12.7. The summed E-state index contributed by atoms with van der Waals surface area (Å²) in [5.74, 6) is 0.104. The van der Waals surface area contributed by atoms with Crippen LogP contribution in [0.1, 0.15) is 91.8 Å². The van der Waals surface area contributed by atoms with Crippen molar-refractivity contribution in [3.05, 3.63) is 94.5 Å². The van der Waals surface area contributed by atoms with Gasteiger partial charge in [0.05, 0.1) is 41.6 Å². The van der Waals surface area contributed by atoms with Crippen LogP contribution in [0.3, 0.4) is 0 Å². The van der Waals surface area contributed by atoms with Crippen molar-refractivity contribution in [3.8, 4) is 17.0 Å². The van der Waals surface area contributed by atoms with Crippen molar-refractivity contribution >= 4 is 50.2 Å². The molecule has 2 saturated heterocycles. The van der Waals surface area contributed by atoms with Gasteiger partial charge < -0.3 is 19.9 Å². The molecule has 3 fully saturated rings. The Balaban J connectivity index is 1.35. The molecule has 0 radical (unpaired) electrons. The summed E-state index contributed by atoms with van der Waals surface area (Å²) in [4.78, 5) is 42.3. The number of likely N-dealkylation sites (N-methyl/N-ethyl adjacent to an activating group) is 1. The number of hydrogen-bond acceptors (Lipinski definition) is 9. The van der Waals surface area contributed by atoms with E-state index in [-0.39, 0.29) is 36.0 Å². The maximum atomic E-state index is 14.8. The number of nitrogens with two attached hydrogens (primary N) is 1. The van der Waals surface area contributed by atoms with Gasteiger partial charge in [-0.15, -0.1) is 0 Å². The van der Waals surface area contributed by atoms with Gasteiger partial charge in [0, 0.05) is 65.8 Å². The number of fused-ring (bicyclic) bond motifs is 7. The van der Waals surface area contributed by atoms with Gasteiger partial charge in [-0.1, -0.05) is 25.3 Å². The van der Waals surface area contributed by atoms with Crippen LogP contribution >= 0.6 is 0 Å². The largest absolute Gasteiger partial charge is 0.497 e. The normalized spacial score (nSPS) is 20.4. The number of aliphatic imine (C=N–C) groups is 1. The molecule has 2 atom stereocenters. The van der Waals surface area contributed by atoms with Crippen LogP contribution in [0.5, 0.6) is 5.75 Å². The number of nitrogens with one attached hydrogen (secondary N) is 1. The molecule has 5 heterocycles. The number of hydrogen-bond donors (Lipinski definition) is 2. The van der Waals surface area contributed by atoms with E-state index in [1.165, 1.54) is 32.0 Å². The van der Waals surface area contributed by atoms with Crippen molar-refractivity contribution in [2.45, 2.75) is 95.5 Å². The number of pyridine rings is 1. The van der Waals surface area contributed by atoms with Gasteiger partial charge in [-0.05, 0) is 124 Å². The molecule has 1 aliphatic carbocycles. The topological polar surface area (TPSA) is 152 Å². The van der Waals surface area contributed by atoms with Crippen LogP contribution < -0.4 is 15.2 Å². The number of ether oxygens (including phenoxy) is 1. The highest BCUT2D eigenvalue weighted by Crippen LogP contribution is 2.47. The second-order valence-electron chi connectivity index (χ2n) is 16.5. The Hall–Kier alpha value is -5.27. The van der Waals surface area contributed by atoms with Crippen molar-refractivity contribution in [1.29, 1.82) is 0 Å². The maximum absolute atomic E-state index is 14.8. The van der Waals surface area contributed by atoms with Gasteiger partial charge in [0.2, 0.25) is 10.0 Å². The summed E-state index contributed by atoms with van der Waals surface area (Å²) in [5.41, 5.74) is 14.7. The maximum Gasteiger partial charge on any atom is 0.264 e. The monoisotopic (exact) mass is 803 g/mol. The highest BCUT2D eigenvalue weighted by Gasteiger charge is 2.41. The van der Waals surface area contributed by atoms with Crippen LogP contribution in [-0.2, 0) is 21.4 Å². The minimum absolute atomic E-state index is 0.167. The average molecular weight is 804 g/mol. The zero-order valence-electron chi connectivity index (χ0n) is 34.0. The molecule has 2 aromatic carbocycles. The number of rotatable bonds is 9. The number of amides is 2. The summed E-state index contributed by atoms with van der Waals surface area (Å²) in [7, 11) is -0.0829. The minimum Gasteiger partial charge on any atom is -0.497 e. The van der Waals surface area contributed by atoms with Gasteiger partial charge in [0.1, 0.15) is 5.75 Å². The van der Waals surface area contributed by atoms with Crippen molar-refractivity contribution in [2.24, 2.45) is 10.7 Å². The lowest BCUT2D eigenvalue weighted by molar-refractivity contribution is -0.129. The van der Waals surface area contributed by atoms with E-state index < -0.39 is 21.2 Å². The average Bonchev–Trinajstić information content (AvgIpc) is 3.53. The number of nitrogens with zero attached hydrogens (tertiary/aromatic N) is 5. The predicted octanol–water partition coefficient (Wildman–Crippen LogP) is 6.85. The van der Waals surface area contributed by atoms with E-state index in [9.17, 15) is 18.0 Å². The molecule has 3 N–H and O–H groups in total. The number of aryl methyl sites for hydroxylation is 1. The fraction of sp³-hybridized carbons (Fsp3) is 0.422. The Morgan fingerprint density at radius 2 is 1.76 bits per heavy atom. The van der Waals surface area contributed by atoms with Crippen LogP contribution in [0.15, 0.2) is 77.2 Å². The molecule has 1 saturated carbocycles. The van der Waals surface area contributed by atoms with Gasteiger partial charge in [-0.2, -0.15) is 0 Å². The number of allylic oxidation sites excluding steroid dienone is 1. The first-order valence-corrected chi connectivity index (χ1v) is 22.0. The third-order valence-corrected chi connectivity index (χ3v) is 14.4. The summed E-state index contributed by atoms with van der Waals surface area (Å²) in [6.07, 6.45) is 14.5. The molecule has 8 rings (SSSR count). The Kier molecular flexibility index (Phi) is 10.8. The van der Waals surface area contributed by atoms with Crippen molar-refractivity contribution in [3.63, 3.8) is 0 Å². The number of carbonyl (C=O) groups is 2. The predicted molar refractivity (Wildman–Crippen MR) is 229 cm³/mol. The number of piperazine rings is 1. The smallest absolute Gasteiger partial charge is 0.264 e. The molecule has 4 aliphatic rings. The third kappa shape index (κ3) is 7.23. The Morgan fingerprint density at radius 3 is 2.43 bits per heavy atom. The zero-order valence-corrected chi connectivity index (χ0v) is 34.8. The van der Waals surface area contributed by atoms with Crippen LogP contribution in [0.4, 0.5) is 5.69 Å². The number of methoxy groups -OCH3 is 1. The van der Waals surface area contributed by atoms with Crippen molar-refractivity contribution in [2.75, 3.05) is 27.2 Å². The van der Waals surface area contributed by atoms with E-state index in [0.29, 0.717) is 35.8 Å². The van der Waals surface area contributed by atoms with Crippen molar-refractivity contribution < 1.29 is 22.7 Å². The number of aromatic nitrogens is 2. The summed E-state index contributed by atoms with van der Waals surface area (Å²) in [5, 5.41) is 0.231. The van der Waals surface area contributed by atoms with E-state index in [1.54, 1.807) is 31.6 Å². The number of carbonyl (C=O) groups excluding carboxylic acids is 2. The Bertz CT molecular complexity index is 2480. The van der Waals surface area contributed by atoms with Crippen LogP contribution in [-0.4, -0.2) is 89.9 Å². The zero-order chi connectivity index (χ0) is 40.9. The molecule has 58 heavy (non-hydrogen) atoms. The molecule has 4 aromatic rings. The lowest BCUT2D eigenvalue weighted by Crippen LogP contribution is -2.54. The molecule has 2 unspecified atom stereocenters. The molecule has 2 amide bonds. The first-order chi connectivity index (χ1) is 27.9. The molecular weight excluding hydrogens is 751 g/mol. The fourth-order valence-electron chi connectivity index (χ4n) is 9.35. The molecule has 304 valence electrons. The van der Waals surface area contributed by atoms with Crippen molar-refractivity contribution in [1.82, 2.24) is 24.1 Å². The summed E-state index contributed by atoms with van der Waals surface area (Å²) in [6, 6.07) is 14.0. The fourth-order valence-corrected chi connectivity index (χ4v) is 9.96. The van der Waals surface area contributed by atoms with Crippen LogP contribution in [0, 0.1) is 6.92 Å². The van der Waals surface area contributed by atoms with Gasteiger partial charge in [0.25, 0.3) is 11.8 Å². The van der Waals surface area contributed by atoms with E-state index in [2.05, 4.69) is 38.4 Å². The van der Waals surface area contributed by atoms with E-state index in [0.717, 1.165) is 77.4 Å². The van der Waals surface area contributed by atoms with Crippen LogP contribution in [0.2, 0.25) is 0 Å². The van der Waals surface area contributed by atoms with E-state index in [4.69, 9.17) is 15.5 Å². The summed E-state index contributed by atoms with van der Waals surface area (Å²) in [6.45, 7) is 6.52. The second-order valence-corrected chi connectivity index (χ2v) is 18.8. The molecule has 0 spiro atoms. The minimum atomic E-state index is -3.87. The first-order valence-electron chi connectivity index (χ1n) is 20.4. The Morgan fingerprint density at radius 1 is 1.02 bits per heavy atom. The van der Waals surface area contributed by atoms with Gasteiger partial charge in [0.15, 0.2) is 0 Å². The molecular formula is C45H53N7O5S.